The van der Waals surface area contributed by atoms with Crippen molar-refractivity contribution >= 4 is 17.3 Å². The molecule has 1 unspecified atom stereocenters. The second-order valence-corrected chi connectivity index (χ2v) is 6.75. The highest BCUT2D eigenvalue weighted by molar-refractivity contribution is 6.12. The summed E-state index contributed by atoms with van der Waals surface area (Å²) in [5.74, 6) is 0.519. The Morgan fingerprint density at radius 1 is 0.935 bits per heavy atom. The van der Waals surface area contributed by atoms with Gasteiger partial charge in [-0.1, -0.05) is 18.2 Å². The third-order valence-corrected chi connectivity index (χ3v) is 5.00. The van der Waals surface area contributed by atoms with Crippen LogP contribution in [0.4, 0.5) is 20.2 Å². The summed E-state index contributed by atoms with van der Waals surface area (Å²) >= 11 is 0. The summed E-state index contributed by atoms with van der Waals surface area (Å²) in [6.07, 6.45) is -0.606. The Bertz CT molecular complexity index is 1090. The third kappa shape index (κ3) is 3.96. The Kier molecular flexibility index (Phi) is 5.62. The molecule has 0 aliphatic carbocycles. The number of methoxy groups -OCH3 is 2. The zero-order valence-corrected chi connectivity index (χ0v) is 16.8. The van der Waals surface area contributed by atoms with Crippen molar-refractivity contribution in [2.45, 2.75) is 12.8 Å². The predicted molar refractivity (Wildman–Crippen MR) is 112 cm³/mol. The molecule has 6 nitrogen and oxygen atoms in total. The van der Waals surface area contributed by atoms with E-state index in [9.17, 15) is 13.6 Å². The average molecular weight is 426 g/mol. The van der Waals surface area contributed by atoms with Crippen LogP contribution in [0.1, 0.15) is 22.1 Å². The first-order chi connectivity index (χ1) is 15.0. The fourth-order valence-corrected chi connectivity index (χ4v) is 3.54. The molecule has 1 aliphatic rings. The molecule has 31 heavy (non-hydrogen) atoms. The maximum atomic E-state index is 13.4. The van der Waals surface area contributed by atoms with Crippen molar-refractivity contribution in [3.8, 4) is 17.2 Å². The second kappa shape index (κ2) is 8.51. The third-order valence-electron chi connectivity index (χ3n) is 5.00. The number of benzene rings is 3. The van der Waals surface area contributed by atoms with Gasteiger partial charge in [0, 0.05) is 11.4 Å². The van der Waals surface area contributed by atoms with Gasteiger partial charge < -0.3 is 19.5 Å². The molecule has 0 saturated heterocycles. The molecule has 160 valence electrons. The zero-order chi connectivity index (χ0) is 22.0. The summed E-state index contributed by atoms with van der Waals surface area (Å²) in [6, 6.07) is 18.9. The van der Waals surface area contributed by atoms with E-state index in [1.165, 1.54) is 13.2 Å². The number of anilines is 2. The number of para-hydroxylation sites is 1. The van der Waals surface area contributed by atoms with Crippen LogP contribution >= 0.6 is 0 Å². The Morgan fingerprint density at radius 3 is 2.35 bits per heavy atom. The monoisotopic (exact) mass is 426 g/mol. The maximum absolute atomic E-state index is 13.4. The van der Waals surface area contributed by atoms with Gasteiger partial charge in [0.15, 0.2) is 11.5 Å². The van der Waals surface area contributed by atoms with Crippen molar-refractivity contribution in [2.75, 3.05) is 24.4 Å². The number of nitrogens with one attached hydrogen (secondary N) is 1. The van der Waals surface area contributed by atoms with Crippen LogP contribution in [0.5, 0.6) is 17.2 Å². The summed E-state index contributed by atoms with van der Waals surface area (Å²) < 4.78 is 40.4. The number of carbonyl (C=O) groups is 1. The van der Waals surface area contributed by atoms with E-state index in [1.54, 1.807) is 60.5 Å². The molecule has 0 spiro atoms. The first-order valence-electron chi connectivity index (χ1n) is 9.47. The molecule has 1 atom stereocenters. The van der Waals surface area contributed by atoms with Crippen molar-refractivity contribution in [1.82, 2.24) is 0 Å². The number of fused-ring (bicyclic) bond motifs is 1. The fourth-order valence-electron chi connectivity index (χ4n) is 3.54. The zero-order valence-electron chi connectivity index (χ0n) is 16.8. The lowest BCUT2D eigenvalue weighted by Gasteiger charge is -2.38. The summed E-state index contributed by atoms with van der Waals surface area (Å²) in [4.78, 5) is 15.0. The van der Waals surface area contributed by atoms with Crippen LogP contribution in [0.3, 0.4) is 0 Å². The number of alkyl halides is 2. The highest BCUT2D eigenvalue weighted by atomic mass is 19.3. The van der Waals surface area contributed by atoms with Crippen molar-refractivity contribution in [3.63, 3.8) is 0 Å². The Balaban J connectivity index is 1.80. The summed E-state index contributed by atoms with van der Waals surface area (Å²) in [5, 5.41) is 3.36. The minimum absolute atomic E-state index is 0.0835. The van der Waals surface area contributed by atoms with Gasteiger partial charge in [0.05, 0.1) is 19.8 Å². The smallest absolute Gasteiger partial charge is 0.387 e. The largest absolute Gasteiger partial charge is 0.497 e. The van der Waals surface area contributed by atoms with Gasteiger partial charge in [-0.25, -0.2) is 0 Å². The van der Waals surface area contributed by atoms with Gasteiger partial charge in [-0.2, -0.15) is 8.78 Å². The van der Waals surface area contributed by atoms with Gasteiger partial charge in [-0.15, -0.1) is 0 Å². The average Bonchev–Trinajstić information content (AvgIpc) is 2.79. The van der Waals surface area contributed by atoms with Crippen molar-refractivity contribution in [1.29, 1.82) is 0 Å². The SMILES string of the molecule is COc1ccc(N2C(=O)c3ccccc3NC2c2ccc(OC(F)F)c(OC)c2)cc1. The minimum atomic E-state index is -2.98. The van der Waals surface area contributed by atoms with Crippen molar-refractivity contribution < 1.29 is 27.8 Å². The number of hydrogen-bond donors (Lipinski definition) is 1. The molecule has 1 amide bonds. The molecule has 3 aromatic rings. The number of ether oxygens (including phenoxy) is 3. The summed E-state index contributed by atoms with van der Waals surface area (Å²) in [7, 11) is 2.93. The first kappa shape index (κ1) is 20.5. The Morgan fingerprint density at radius 2 is 1.68 bits per heavy atom. The van der Waals surface area contributed by atoms with Gasteiger partial charge in [0.1, 0.15) is 11.9 Å². The number of carbonyl (C=O) groups excluding carboxylic acids is 1. The standard InChI is InChI=1S/C23H20F2N2O4/c1-29-16-10-8-15(9-11-16)27-21(26-18-6-4-3-5-17(18)22(27)28)14-7-12-19(31-23(24)25)20(13-14)30-2/h3-13,21,23,26H,1-2H3. The molecule has 0 fully saturated rings. The summed E-state index contributed by atoms with van der Waals surface area (Å²) in [6.45, 7) is -2.98. The van der Waals surface area contributed by atoms with E-state index in [0.29, 0.717) is 28.3 Å². The molecule has 1 heterocycles. The fraction of sp³-hybridized carbons (Fsp3) is 0.174. The van der Waals surface area contributed by atoms with Crippen LogP contribution in [0, 0.1) is 0 Å². The number of amides is 1. The van der Waals surface area contributed by atoms with Gasteiger partial charge >= 0.3 is 6.61 Å². The molecular formula is C23H20F2N2O4. The topological polar surface area (TPSA) is 60.0 Å². The van der Waals surface area contributed by atoms with Crippen LogP contribution in [-0.4, -0.2) is 26.7 Å². The van der Waals surface area contributed by atoms with Crippen molar-refractivity contribution in [2.24, 2.45) is 0 Å². The van der Waals surface area contributed by atoms with Crippen molar-refractivity contribution in [3.05, 3.63) is 77.9 Å². The van der Waals surface area contributed by atoms with Gasteiger partial charge in [-0.3, -0.25) is 9.69 Å². The lowest BCUT2D eigenvalue weighted by Crippen LogP contribution is -2.43. The Labute approximate surface area is 178 Å². The van der Waals surface area contributed by atoms with Crippen LogP contribution in [0.25, 0.3) is 0 Å². The van der Waals surface area contributed by atoms with E-state index in [-0.39, 0.29) is 17.4 Å². The van der Waals surface area contributed by atoms with Gasteiger partial charge in [0.2, 0.25) is 0 Å². The van der Waals surface area contributed by atoms with E-state index in [4.69, 9.17) is 9.47 Å². The first-order valence-corrected chi connectivity index (χ1v) is 9.47. The molecule has 3 aromatic carbocycles. The number of rotatable bonds is 6. The van der Waals surface area contributed by atoms with E-state index < -0.39 is 12.8 Å². The molecule has 0 saturated carbocycles. The minimum Gasteiger partial charge on any atom is -0.497 e. The molecule has 4 rings (SSSR count). The summed E-state index contributed by atoms with van der Waals surface area (Å²) in [5.41, 5.74) is 2.48. The molecule has 1 N–H and O–H groups in total. The molecule has 0 aromatic heterocycles. The lowest BCUT2D eigenvalue weighted by molar-refractivity contribution is -0.0512. The second-order valence-electron chi connectivity index (χ2n) is 6.75. The highest BCUT2D eigenvalue weighted by Gasteiger charge is 2.34. The molecule has 0 bridgehead atoms. The Hall–Kier alpha value is -3.81. The van der Waals surface area contributed by atoms with Gasteiger partial charge in [0.25, 0.3) is 5.91 Å². The van der Waals surface area contributed by atoms with Crippen LogP contribution in [0.15, 0.2) is 66.7 Å². The van der Waals surface area contributed by atoms with E-state index in [0.717, 1.165) is 0 Å². The molecule has 1 aliphatic heterocycles. The highest BCUT2D eigenvalue weighted by Crippen LogP contribution is 2.39. The molecule has 8 heteroatoms. The van der Waals surface area contributed by atoms with Crippen LogP contribution in [0.2, 0.25) is 0 Å². The number of hydrogen-bond acceptors (Lipinski definition) is 5. The molecule has 0 radical (unpaired) electrons. The van der Waals surface area contributed by atoms with E-state index >= 15 is 0 Å². The lowest BCUT2D eigenvalue weighted by atomic mass is 10.0. The maximum Gasteiger partial charge on any atom is 0.387 e. The normalized spacial score (nSPS) is 15.3. The van der Waals surface area contributed by atoms with E-state index in [1.807, 2.05) is 12.1 Å². The van der Waals surface area contributed by atoms with Crippen LogP contribution < -0.4 is 24.4 Å². The number of halogens is 2. The predicted octanol–water partition coefficient (Wildman–Crippen LogP) is 5.08. The van der Waals surface area contributed by atoms with E-state index in [2.05, 4.69) is 10.1 Å². The van der Waals surface area contributed by atoms with Gasteiger partial charge in [-0.05, 0) is 54.1 Å². The molecular weight excluding hydrogens is 406 g/mol. The number of nitrogens with zero attached hydrogens (tertiary/aromatic N) is 1. The van der Waals surface area contributed by atoms with Crippen LogP contribution in [-0.2, 0) is 0 Å². The quantitative estimate of drug-likeness (QED) is 0.596.